The van der Waals surface area contributed by atoms with Gasteiger partial charge in [0.2, 0.25) is 0 Å². The van der Waals surface area contributed by atoms with E-state index < -0.39 is 8.07 Å². The van der Waals surface area contributed by atoms with Crippen LogP contribution in [0, 0.1) is 0 Å². The Morgan fingerprint density at radius 2 is 1.03 bits per heavy atom. The van der Waals surface area contributed by atoms with Crippen molar-refractivity contribution in [1.82, 2.24) is 0 Å². The predicted octanol–water partition coefficient (Wildman–Crippen LogP) is 13.7. The molecule has 2 aliphatic carbocycles. The fraction of sp³-hybridized carbons (Fsp3) is 0.311. The third-order valence-electron chi connectivity index (χ3n) is 18.5. The molecule has 0 aromatic heterocycles. The Hall–Kier alpha value is -5.78. The van der Waals surface area contributed by atoms with Crippen molar-refractivity contribution in [2.45, 2.75) is 121 Å². The van der Waals surface area contributed by atoms with Crippen molar-refractivity contribution in [2.24, 2.45) is 0 Å². The zero-order valence-electron chi connectivity index (χ0n) is 40.0. The van der Waals surface area contributed by atoms with Crippen LogP contribution in [0.3, 0.4) is 0 Å². The monoisotopic (exact) mass is 875 g/mol. The molecule has 0 amide bonds. The minimum atomic E-state index is -1.74. The maximum Gasteiger partial charge on any atom is 0.252 e. The number of nitrogens with zero attached hydrogens (tertiary/aromatic N) is 3. The van der Waals surface area contributed by atoms with Crippen molar-refractivity contribution in [2.75, 3.05) is 14.7 Å². The highest BCUT2D eigenvalue weighted by Gasteiger charge is 2.63. The topological polar surface area (TPSA) is 9.72 Å². The molecule has 66 heavy (non-hydrogen) atoms. The highest BCUT2D eigenvalue weighted by atomic mass is 28.3. The summed E-state index contributed by atoms with van der Waals surface area (Å²) in [5.41, 5.74) is 21.9. The maximum atomic E-state index is 2.95. The number of fused-ring (bicyclic) bond motifs is 10. The molecule has 0 saturated heterocycles. The first kappa shape index (κ1) is 40.5. The number of hydrogen-bond donors (Lipinski definition) is 0. The van der Waals surface area contributed by atoms with Crippen molar-refractivity contribution in [3.05, 3.63) is 163 Å². The van der Waals surface area contributed by atoms with Gasteiger partial charge in [0.05, 0.1) is 19.2 Å². The summed E-state index contributed by atoms with van der Waals surface area (Å²) in [7, 11) is -1.74. The van der Waals surface area contributed by atoms with Crippen LogP contribution in [0.15, 0.2) is 152 Å². The molecule has 13 rings (SSSR count). The highest BCUT2D eigenvalue weighted by Crippen LogP contribution is 2.64. The van der Waals surface area contributed by atoms with Gasteiger partial charge >= 0.3 is 0 Å². The zero-order chi connectivity index (χ0) is 45.0. The van der Waals surface area contributed by atoms with Gasteiger partial charge in [-0.2, -0.15) is 0 Å². The smallest absolute Gasteiger partial charge is 0.252 e. The van der Waals surface area contributed by atoms with Crippen LogP contribution >= 0.6 is 0 Å². The summed E-state index contributed by atoms with van der Waals surface area (Å²) in [4.78, 5) is 8.48. The molecule has 7 aromatic rings. The fourth-order valence-electron chi connectivity index (χ4n) is 14.5. The summed E-state index contributed by atoms with van der Waals surface area (Å²) in [6.07, 6.45) is 9.87. The van der Waals surface area contributed by atoms with Gasteiger partial charge in [-0.25, -0.2) is 0 Å². The molecule has 0 bridgehead atoms. The Labute approximate surface area is 394 Å². The van der Waals surface area contributed by atoms with Crippen LogP contribution in [0.5, 0.6) is 0 Å². The Kier molecular flexibility index (Phi) is 8.52. The second-order valence-corrected chi connectivity index (χ2v) is 27.8. The van der Waals surface area contributed by atoms with E-state index in [4.69, 9.17) is 0 Å². The van der Waals surface area contributed by atoms with Crippen LogP contribution in [0.1, 0.15) is 90.2 Å². The Morgan fingerprint density at radius 1 is 0.439 bits per heavy atom. The van der Waals surface area contributed by atoms with Gasteiger partial charge in [-0.1, -0.05) is 180 Å². The van der Waals surface area contributed by atoms with Crippen LogP contribution in [0.2, 0.25) is 19.6 Å². The maximum absolute atomic E-state index is 2.95. The first-order valence-corrected chi connectivity index (χ1v) is 28.6. The van der Waals surface area contributed by atoms with E-state index in [9.17, 15) is 0 Å². The van der Waals surface area contributed by atoms with Gasteiger partial charge in [0, 0.05) is 50.6 Å². The molecule has 4 aliphatic heterocycles. The summed E-state index contributed by atoms with van der Waals surface area (Å²) in [5.74, 6) is 0. The van der Waals surface area contributed by atoms with Gasteiger partial charge in [0.25, 0.3) is 6.71 Å². The lowest BCUT2D eigenvalue weighted by atomic mass is 9.33. The van der Waals surface area contributed by atoms with E-state index in [-0.39, 0.29) is 28.6 Å². The standard InChI is InChI=1S/C61H62BN3Si/c1-58-31-16-18-33-60(58,3)64(52-28-15-14-27-48(52)58)46-37-54-56-55(38-46)65-57-49(59(2)32-17-19-34-61(59,65)4)39-47(66(5,6)7)40-51(57)62(56)50-30-29-44(42-23-12-9-13-24-42)36-53(50)63(54)45-26-20-25-43(35-45)41-21-10-8-11-22-41/h8-15,20-30,35-40H,16-19,31-34H2,1-7H3. The quantitative estimate of drug-likeness (QED) is 0.160. The van der Waals surface area contributed by atoms with Crippen molar-refractivity contribution in [3.8, 4) is 22.3 Å². The molecule has 5 heteroatoms. The molecular weight excluding hydrogens is 814 g/mol. The molecule has 3 nitrogen and oxygen atoms in total. The summed E-state index contributed by atoms with van der Waals surface area (Å²) in [6.45, 7) is 18.2. The number of hydrogen-bond acceptors (Lipinski definition) is 3. The van der Waals surface area contributed by atoms with Crippen LogP contribution in [-0.2, 0) is 10.8 Å². The van der Waals surface area contributed by atoms with Gasteiger partial charge in [0.1, 0.15) is 0 Å². The van der Waals surface area contributed by atoms with Crippen LogP contribution in [0.4, 0.5) is 39.8 Å². The number of para-hydroxylation sites is 1. The average molecular weight is 876 g/mol. The molecule has 6 aliphatic rings. The lowest BCUT2D eigenvalue weighted by molar-refractivity contribution is 0.194. The van der Waals surface area contributed by atoms with E-state index in [2.05, 4.69) is 214 Å². The van der Waals surface area contributed by atoms with Crippen LogP contribution < -0.4 is 36.3 Å². The minimum Gasteiger partial charge on any atom is -0.335 e. The summed E-state index contributed by atoms with van der Waals surface area (Å²) >= 11 is 0. The van der Waals surface area contributed by atoms with Gasteiger partial charge in [0.15, 0.2) is 0 Å². The molecule has 0 radical (unpaired) electrons. The summed E-state index contributed by atoms with van der Waals surface area (Å²) in [6, 6.07) is 59.0. The molecule has 2 saturated carbocycles. The van der Waals surface area contributed by atoms with Crippen LogP contribution in [0.25, 0.3) is 22.3 Å². The van der Waals surface area contributed by atoms with E-state index >= 15 is 0 Å². The molecule has 4 atom stereocenters. The lowest BCUT2D eigenvalue weighted by Crippen LogP contribution is -2.65. The van der Waals surface area contributed by atoms with Crippen LogP contribution in [-0.4, -0.2) is 25.9 Å². The molecule has 2 fully saturated rings. The van der Waals surface area contributed by atoms with E-state index in [0.717, 1.165) is 0 Å². The molecule has 328 valence electrons. The first-order valence-electron chi connectivity index (χ1n) is 25.1. The number of benzene rings is 7. The Bertz CT molecular complexity index is 3140. The molecular formula is C61H62BN3Si. The van der Waals surface area contributed by atoms with E-state index in [1.54, 1.807) is 10.8 Å². The van der Waals surface area contributed by atoms with Crippen molar-refractivity contribution >= 4 is 76.2 Å². The first-order chi connectivity index (χ1) is 31.8. The van der Waals surface area contributed by atoms with Crippen molar-refractivity contribution in [1.29, 1.82) is 0 Å². The van der Waals surface area contributed by atoms with Gasteiger partial charge < -0.3 is 14.7 Å². The average Bonchev–Trinajstić information content (AvgIpc) is 3.68. The third-order valence-corrected chi connectivity index (χ3v) is 20.5. The molecule has 0 spiro atoms. The van der Waals surface area contributed by atoms with E-state index in [1.807, 2.05) is 0 Å². The Morgan fingerprint density at radius 3 is 1.73 bits per heavy atom. The number of rotatable bonds is 5. The molecule has 0 N–H and O–H groups in total. The second-order valence-electron chi connectivity index (χ2n) is 22.7. The van der Waals surface area contributed by atoms with Gasteiger partial charge in [-0.15, -0.1) is 0 Å². The minimum absolute atomic E-state index is 0.0270. The van der Waals surface area contributed by atoms with E-state index in [1.165, 1.54) is 135 Å². The lowest BCUT2D eigenvalue weighted by Gasteiger charge is -2.53. The SMILES string of the molecule is CC12CCCCC1(C)N(c1cc3c4c(c1)N1c5c(cc([Si](C)(C)C)cc5C5(C)CCCCC15C)B4c1ccc(-c4ccccc4)cc1N3c1cccc(-c3ccccc3)c1)c1ccccc12. The van der Waals surface area contributed by atoms with E-state index in [0.29, 0.717) is 0 Å². The zero-order valence-corrected chi connectivity index (χ0v) is 41.0. The normalized spacial score (nSPS) is 25.4. The van der Waals surface area contributed by atoms with Crippen molar-refractivity contribution in [3.63, 3.8) is 0 Å². The number of anilines is 7. The second kappa shape index (κ2) is 13.9. The van der Waals surface area contributed by atoms with Gasteiger partial charge in [-0.05, 0) is 126 Å². The van der Waals surface area contributed by atoms with Gasteiger partial charge in [-0.3, -0.25) is 0 Å². The fourth-order valence-corrected chi connectivity index (χ4v) is 15.7. The molecule has 4 heterocycles. The third kappa shape index (κ3) is 5.27. The molecule has 4 unspecified atom stereocenters. The highest BCUT2D eigenvalue weighted by molar-refractivity contribution is 7.01. The predicted molar refractivity (Wildman–Crippen MR) is 285 cm³/mol. The largest absolute Gasteiger partial charge is 0.335 e. The summed E-state index contributed by atoms with van der Waals surface area (Å²) in [5, 5.41) is 1.59. The summed E-state index contributed by atoms with van der Waals surface area (Å²) < 4.78 is 0. The molecule has 7 aromatic carbocycles. The Balaban J connectivity index is 1.17. The van der Waals surface area contributed by atoms with Crippen molar-refractivity contribution < 1.29 is 0 Å².